The summed E-state index contributed by atoms with van der Waals surface area (Å²) in [5, 5.41) is 0. The van der Waals surface area contributed by atoms with Gasteiger partial charge in [-0.05, 0) is 51.8 Å². The van der Waals surface area contributed by atoms with E-state index < -0.39 is 47.3 Å². The lowest BCUT2D eigenvalue weighted by Gasteiger charge is -2.39. The number of piperidine rings is 1. The van der Waals surface area contributed by atoms with E-state index in [2.05, 4.69) is 4.99 Å². The second-order valence-corrected chi connectivity index (χ2v) is 8.09. The number of rotatable bonds is 3. The number of benzene rings is 1. The largest absolute Gasteiger partial charge is 0.460 e. The number of anilines is 1. The van der Waals surface area contributed by atoms with E-state index in [9.17, 15) is 22.8 Å². The van der Waals surface area contributed by atoms with Crippen molar-refractivity contribution in [1.29, 1.82) is 0 Å². The first-order valence-electron chi connectivity index (χ1n) is 9.29. The van der Waals surface area contributed by atoms with Crippen LogP contribution in [-0.4, -0.2) is 36.1 Å². The van der Waals surface area contributed by atoms with E-state index in [1.165, 1.54) is 11.0 Å². The van der Waals surface area contributed by atoms with Crippen molar-refractivity contribution in [2.24, 2.45) is 28.1 Å². The van der Waals surface area contributed by atoms with Crippen LogP contribution >= 0.6 is 37.2 Å². The number of esters is 1. The first-order chi connectivity index (χ1) is 13.7. The zero-order valence-corrected chi connectivity index (χ0v) is 20.7. The predicted octanol–water partition coefficient (Wildman–Crippen LogP) is 3.23. The summed E-state index contributed by atoms with van der Waals surface area (Å²) in [6.45, 7) is 5.33. The van der Waals surface area contributed by atoms with Crippen molar-refractivity contribution in [1.82, 2.24) is 0 Å². The summed E-state index contributed by atoms with van der Waals surface area (Å²) in [6.07, 6.45) is -5.16. The third kappa shape index (κ3) is 9.07. The van der Waals surface area contributed by atoms with Crippen LogP contribution in [0.1, 0.15) is 49.5 Å². The fourth-order valence-electron chi connectivity index (χ4n) is 3.22. The van der Waals surface area contributed by atoms with Gasteiger partial charge in [0.25, 0.3) is 5.91 Å². The molecule has 2 atom stereocenters. The number of nitrogens with zero attached hydrogens (tertiary/aromatic N) is 2. The van der Waals surface area contributed by atoms with Gasteiger partial charge in [0.15, 0.2) is 5.96 Å². The number of amides is 1. The SMILES string of the molecule is CC(C)(C)OC(=O)C1CCN(c2ccc(C(=O)N=C(N)N)cc2C(F)(F)F)C(N)C1.Cl.Cl.Cl. The molecule has 0 radical (unpaired) electrons. The fourth-order valence-corrected chi connectivity index (χ4v) is 3.22. The Morgan fingerprint density at radius 2 is 1.70 bits per heavy atom. The second kappa shape index (κ2) is 12.5. The summed E-state index contributed by atoms with van der Waals surface area (Å²) in [5.41, 5.74) is 14.1. The molecule has 190 valence electrons. The number of guanidine groups is 1. The molecule has 33 heavy (non-hydrogen) atoms. The molecule has 0 aliphatic carbocycles. The average molecular weight is 539 g/mol. The Hall–Kier alpha value is -1.95. The highest BCUT2D eigenvalue weighted by molar-refractivity contribution is 6.02. The second-order valence-electron chi connectivity index (χ2n) is 8.09. The van der Waals surface area contributed by atoms with Crippen LogP contribution in [0.5, 0.6) is 0 Å². The van der Waals surface area contributed by atoms with Gasteiger partial charge >= 0.3 is 12.1 Å². The van der Waals surface area contributed by atoms with E-state index in [-0.39, 0.29) is 67.9 Å². The lowest BCUT2D eigenvalue weighted by Crippen LogP contribution is -2.50. The van der Waals surface area contributed by atoms with Crippen molar-refractivity contribution in [2.75, 3.05) is 11.4 Å². The van der Waals surface area contributed by atoms with Crippen LogP contribution in [0.3, 0.4) is 0 Å². The molecule has 1 aromatic carbocycles. The molecule has 2 rings (SSSR count). The number of nitrogens with two attached hydrogens (primary N) is 3. The standard InChI is InChI=1S/C19H26F3N5O3.3ClH/c1-18(2,3)30-16(29)11-6-7-27(14(23)9-11)13-5-4-10(15(28)26-17(24)25)8-12(13)19(20,21)22;;;/h4-5,8,11,14H,6-7,9,23H2,1-3H3,(H4,24,25,26,28);3*1H. The highest BCUT2D eigenvalue weighted by Gasteiger charge is 2.39. The van der Waals surface area contributed by atoms with Crippen LogP contribution in [-0.2, 0) is 15.7 Å². The summed E-state index contributed by atoms with van der Waals surface area (Å²) in [4.78, 5) is 28.8. The zero-order valence-electron chi connectivity index (χ0n) is 18.2. The van der Waals surface area contributed by atoms with Gasteiger partial charge in [0.2, 0.25) is 0 Å². The van der Waals surface area contributed by atoms with Gasteiger partial charge < -0.3 is 26.8 Å². The average Bonchev–Trinajstić information content (AvgIpc) is 2.58. The molecule has 1 fully saturated rings. The van der Waals surface area contributed by atoms with Crippen LogP contribution in [0.4, 0.5) is 18.9 Å². The number of ether oxygens (including phenoxy) is 1. The number of aliphatic imine (C=N–C) groups is 1. The van der Waals surface area contributed by atoms with Gasteiger partial charge in [0.1, 0.15) is 5.60 Å². The molecule has 1 aliphatic rings. The van der Waals surface area contributed by atoms with E-state index in [1.807, 2.05) is 0 Å². The van der Waals surface area contributed by atoms with Crippen molar-refractivity contribution < 1.29 is 27.5 Å². The normalized spacial score (nSPS) is 18.1. The van der Waals surface area contributed by atoms with Crippen molar-refractivity contribution in [3.8, 4) is 0 Å². The molecule has 0 bridgehead atoms. The predicted molar refractivity (Wildman–Crippen MR) is 127 cm³/mol. The molecule has 6 N–H and O–H groups in total. The van der Waals surface area contributed by atoms with Crippen LogP contribution in [0.25, 0.3) is 0 Å². The van der Waals surface area contributed by atoms with Crippen LogP contribution in [0.2, 0.25) is 0 Å². The zero-order chi connectivity index (χ0) is 22.9. The quantitative estimate of drug-likeness (QED) is 0.305. The summed E-state index contributed by atoms with van der Waals surface area (Å²) in [6, 6.07) is 3.05. The topological polar surface area (TPSA) is 137 Å². The Bertz CT molecular complexity index is 859. The van der Waals surface area contributed by atoms with Gasteiger partial charge in [0, 0.05) is 12.1 Å². The maximum absolute atomic E-state index is 13.7. The van der Waals surface area contributed by atoms with E-state index >= 15 is 0 Å². The number of carbonyl (C=O) groups is 2. The molecule has 14 heteroatoms. The van der Waals surface area contributed by atoms with Gasteiger partial charge in [-0.15, -0.1) is 37.2 Å². The first kappa shape index (κ1) is 33.2. The summed E-state index contributed by atoms with van der Waals surface area (Å²) in [7, 11) is 0. The lowest BCUT2D eigenvalue weighted by atomic mass is 9.93. The van der Waals surface area contributed by atoms with Crippen LogP contribution < -0.4 is 22.1 Å². The van der Waals surface area contributed by atoms with Crippen molar-refractivity contribution >= 4 is 60.7 Å². The van der Waals surface area contributed by atoms with Gasteiger partial charge in [0.05, 0.1) is 23.3 Å². The molecule has 1 heterocycles. The molecular weight excluding hydrogens is 510 g/mol. The van der Waals surface area contributed by atoms with E-state index in [1.54, 1.807) is 20.8 Å². The Labute approximate surface area is 208 Å². The van der Waals surface area contributed by atoms with Gasteiger partial charge in [-0.25, -0.2) is 0 Å². The van der Waals surface area contributed by atoms with Gasteiger partial charge in [-0.2, -0.15) is 18.2 Å². The molecule has 2 unspecified atom stereocenters. The fraction of sp³-hybridized carbons (Fsp3) is 0.526. The number of carbonyl (C=O) groups excluding carboxylic acids is 2. The molecule has 0 aromatic heterocycles. The number of halogens is 6. The Morgan fingerprint density at radius 3 is 2.15 bits per heavy atom. The van der Waals surface area contributed by atoms with E-state index in [0.717, 1.165) is 6.07 Å². The molecule has 1 aromatic rings. The maximum atomic E-state index is 13.7. The minimum Gasteiger partial charge on any atom is -0.460 e. The highest BCUT2D eigenvalue weighted by Crippen LogP contribution is 2.39. The van der Waals surface area contributed by atoms with Gasteiger partial charge in [-0.1, -0.05) is 0 Å². The lowest BCUT2D eigenvalue weighted by molar-refractivity contribution is -0.161. The van der Waals surface area contributed by atoms with Crippen molar-refractivity contribution in [3.05, 3.63) is 29.3 Å². The van der Waals surface area contributed by atoms with Gasteiger partial charge in [-0.3, -0.25) is 9.59 Å². The molecule has 1 amide bonds. The van der Waals surface area contributed by atoms with Crippen molar-refractivity contribution in [3.63, 3.8) is 0 Å². The number of hydrogen-bond acceptors (Lipinski definition) is 5. The molecule has 1 aliphatic heterocycles. The third-order valence-corrected chi connectivity index (χ3v) is 4.47. The smallest absolute Gasteiger partial charge is 0.418 e. The van der Waals surface area contributed by atoms with E-state index in [4.69, 9.17) is 21.9 Å². The van der Waals surface area contributed by atoms with Crippen LogP contribution in [0, 0.1) is 5.92 Å². The summed E-state index contributed by atoms with van der Waals surface area (Å²) < 4.78 is 46.4. The minimum atomic E-state index is -4.74. The number of hydrogen-bond donors (Lipinski definition) is 3. The maximum Gasteiger partial charge on any atom is 0.418 e. The summed E-state index contributed by atoms with van der Waals surface area (Å²) >= 11 is 0. The summed E-state index contributed by atoms with van der Waals surface area (Å²) in [5.74, 6) is -2.47. The number of alkyl halides is 3. The third-order valence-electron chi connectivity index (χ3n) is 4.47. The molecular formula is C19H29Cl3F3N5O3. The Kier molecular flexibility index (Phi) is 12.6. The molecule has 1 saturated heterocycles. The monoisotopic (exact) mass is 537 g/mol. The molecule has 8 nitrogen and oxygen atoms in total. The highest BCUT2D eigenvalue weighted by atomic mass is 35.5. The van der Waals surface area contributed by atoms with Crippen LogP contribution in [0.15, 0.2) is 23.2 Å². The first-order valence-corrected chi connectivity index (χ1v) is 9.29. The Balaban J connectivity index is 0. The van der Waals surface area contributed by atoms with E-state index in [0.29, 0.717) is 6.07 Å². The molecule has 0 saturated carbocycles. The molecule has 0 spiro atoms. The minimum absolute atomic E-state index is 0. The van der Waals surface area contributed by atoms with Crippen molar-refractivity contribution in [2.45, 2.75) is 51.6 Å². The Morgan fingerprint density at radius 1 is 1.12 bits per heavy atom.